The van der Waals surface area contributed by atoms with Crippen LogP contribution >= 0.6 is 0 Å². The van der Waals surface area contributed by atoms with Gasteiger partial charge in [-0.05, 0) is 0 Å². The molecule has 0 unspecified atom stereocenters. The number of hydrogen-bond acceptors (Lipinski definition) is 0. The molecule has 0 atom stereocenters. The zero-order valence-corrected chi connectivity index (χ0v) is 22.4. The van der Waals surface area contributed by atoms with Crippen molar-refractivity contribution in [3.8, 4) is 0 Å². The third-order valence-corrected chi connectivity index (χ3v) is 26.0. The van der Waals surface area contributed by atoms with Gasteiger partial charge in [0.2, 0.25) is 0 Å². The summed E-state index contributed by atoms with van der Waals surface area (Å²) in [7, 11) is 0. The Morgan fingerprint density at radius 3 is 1.29 bits per heavy atom. The van der Waals surface area contributed by atoms with Crippen molar-refractivity contribution < 1.29 is 0 Å². The SMILES string of the molecule is CCCC[As](C=[CH][Sn]([CH2]CCC)([CH2]CCC)[CH2]CCC)CCCC. The van der Waals surface area contributed by atoms with Crippen LogP contribution in [-0.2, 0) is 0 Å². The topological polar surface area (TPSA) is 0 Å². The van der Waals surface area contributed by atoms with Crippen LogP contribution in [0.15, 0.2) is 8.96 Å². The van der Waals surface area contributed by atoms with Crippen molar-refractivity contribution in [3.05, 3.63) is 8.96 Å². The fourth-order valence-electron chi connectivity index (χ4n) is 3.46. The predicted octanol–water partition coefficient (Wildman–Crippen LogP) is 8.57. The molecule has 0 aromatic heterocycles. The first-order valence-electron chi connectivity index (χ1n) is 11.1. The molecule has 0 rings (SSSR count). The maximum absolute atomic E-state index is 2.99. The van der Waals surface area contributed by atoms with Crippen molar-refractivity contribution >= 4 is 33.0 Å². The number of unbranched alkanes of at least 4 members (excludes halogenated alkanes) is 5. The van der Waals surface area contributed by atoms with Crippen molar-refractivity contribution in [1.82, 2.24) is 0 Å². The third kappa shape index (κ3) is 12.5. The van der Waals surface area contributed by atoms with Crippen LogP contribution in [0.3, 0.4) is 0 Å². The van der Waals surface area contributed by atoms with E-state index in [-0.39, 0.29) is 0 Å². The molecule has 0 radical (unpaired) electrons. The Balaban J connectivity index is 5.06. The van der Waals surface area contributed by atoms with Crippen LogP contribution < -0.4 is 0 Å². The van der Waals surface area contributed by atoms with Gasteiger partial charge in [0.15, 0.2) is 0 Å². The van der Waals surface area contributed by atoms with Gasteiger partial charge in [0, 0.05) is 0 Å². The summed E-state index contributed by atoms with van der Waals surface area (Å²) in [6, 6.07) is 0. The van der Waals surface area contributed by atoms with Crippen molar-refractivity contribution in [2.45, 2.75) is 123 Å². The van der Waals surface area contributed by atoms with E-state index in [4.69, 9.17) is 0 Å². The van der Waals surface area contributed by atoms with E-state index in [1.165, 1.54) is 64.2 Å². The normalized spacial score (nSPS) is 12.6. The molecule has 0 aromatic carbocycles. The van der Waals surface area contributed by atoms with Crippen LogP contribution in [0.5, 0.6) is 0 Å². The van der Waals surface area contributed by atoms with Gasteiger partial charge in [-0.1, -0.05) is 0 Å². The molecule has 0 N–H and O–H groups in total. The molecule has 0 heterocycles. The first-order valence-corrected chi connectivity index (χ1v) is 22.5. The monoisotopic (exact) mass is 506 g/mol. The third-order valence-electron chi connectivity index (χ3n) is 5.32. The van der Waals surface area contributed by atoms with Gasteiger partial charge in [-0.2, -0.15) is 0 Å². The van der Waals surface area contributed by atoms with E-state index in [1.807, 2.05) is 0 Å². The number of rotatable bonds is 17. The maximum atomic E-state index is 2.99. The zero-order valence-electron chi connectivity index (χ0n) is 17.7. The molecule has 0 spiro atoms. The minimum atomic E-state index is -2.00. The summed E-state index contributed by atoms with van der Waals surface area (Å²) in [4.78, 5) is 2.90. The molecular weight excluding hydrogens is 458 g/mol. The average molecular weight is 505 g/mol. The van der Waals surface area contributed by atoms with Gasteiger partial charge >= 0.3 is 165 Å². The Labute approximate surface area is 163 Å². The van der Waals surface area contributed by atoms with Crippen LogP contribution in [-0.4, -0.2) is 33.0 Å². The second-order valence-corrected chi connectivity index (χ2v) is 25.7. The van der Waals surface area contributed by atoms with E-state index in [0.29, 0.717) is 0 Å². The minimum absolute atomic E-state index is 0.673. The zero-order chi connectivity index (χ0) is 18.1. The quantitative estimate of drug-likeness (QED) is 0.174. The number of hydrogen-bond donors (Lipinski definition) is 0. The fourth-order valence-corrected chi connectivity index (χ4v) is 29.1. The fraction of sp³-hybridized carbons (Fsp3) is 0.909. The predicted molar refractivity (Wildman–Crippen MR) is 119 cm³/mol. The van der Waals surface area contributed by atoms with Gasteiger partial charge in [-0.15, -0.1) is 0 Å². The molecule has 0 aliphatic heterocycles. The summed E-state index contributed by atoms with van der Waals surface area (Å²) < 4.78 is 7.92. The molecule has 0 aliphatic rings. The molecule has 2 heteroatoms. The van der Waals surface area contributed by atoms with Crippen molar-refractivity contribution in [2.24, 2.45) is 0 Å². The Hall–Kier alpha value is 1.10. The van der Waals surface area contributed by atoms with E-state index in [9.17, 15) is 0 Å². The molecule has 0 amide bonds. The van der Waals surface area contributed by atoms with Crippen LogP contribution in [0.2, 0.25) is 23.7 Å². The van der Waals surface area contributed by atoms with E-state index < -0.39 is 33.0 Å². The molecule has 144 valence electrons. The summed E-state index contributed by atoms with van der Waals surface area (Å²) in [5.74, 6) is 0. The van der Waals surface area contributed by atoms with E-state index in [0.717, 1.165) is 0 Å². The van der Waals surface area contributed by atoms with Crippen molar-refractivity contribution in [3.63, 3.8) is 0 Å². The van der Waals surface area contributed by atoms with Crippen LogP contribution in [0, 0.1) is 0 Å². The summed E-state index contributed by atoms with van der Waals surface area (Å²) in [5, 5.41) is 3.16. The molecular formula is C22H47AsSn. The average Bonchev–Trinajstić information content (AvgIpc) is 2.61. The molecule has 0 aromatic rings. The second-order valence-electron chi connectivity index (χ2n) is 7.73. The van der Waals surface area contributed by atoms with Crippen LogP contribution in [0.4, 0.5) is 0 Å². The molecule has 0 aliphatic carbocycles. The Bertz CT molecular complexity index is 258. The molecule has 0 bridgehead atoms. The Morgan fingerprint density at radius 1 is 0.583 bits per heavy atom. The molecule has 0 nitrogen and oxygen atoms in total. The first-order chi connectivity index (χ1) is 11.7. The van der Waals surface area contributed by atoms with E-state index in [1.54, 1.807) is 23.7 Å². The van der Waals surface area contributed by atoms with Gasteiger partial charge in [-0.3, -0.25) is 0 Å². The molecule has 0 saturated heterocycles. The Morgan fingerprint density at radius 2 is 0.958 bits per heavy atom. The Kier molecular flexibility index (Phi) is 18.3. The van der Waals surface area contributed by atoms with Gasteiger partial charge in [0.1, 0.15) is 0 Å². The van der Waals surface area contributed by atoms with Crippen molar-refractivity contribution in [2.75, 3.05) is 0 Å². The van der Waals surface area contributed by atoms with Gasteiger partial charge in [0.25, 0.3) is 0 Å². The molecule has 24 heavy (non-hydrogen) atoms. The second kappa shape index (κ2) is 17.5. The summed E-state index contributed by atoms with van der Waals surface area (Å²) in [5.41, 5.74) is 0. The van der Waals surface area contributed by atoms with Gasteiger partial charge in [-0.25, -0.2) is 0 Å². The summed E-state index contributed by atoms with van der Waals surface area (Å²) in [6.45, 7) is 11.9. The molecule has 0 saturated carbocycles. The van der Waals surface area contributed by atoms with Crippen molar-refractivity contribution in [1.29, 1.82) is 0 Å². The molecule has 0 fully saturated rings. The van der Waals surface area contributed by atoms with Gasteiger partial charge < -0.3 is 0 Å². The van der Waals surface area contributed by atoms with Crippen LogP contribution in [0.1, 0.15) is 98.8 Å². The first kappa shape index (κ1) is 25.1. The van der Waals surface area contributed by atoms with E-state index >= 15 is 0 Å². The summed E-state index contributed by atoms with van der Waals surface area (Å²) >= 11 is -2.68. The van der Waals surface area contributed by atoms with Gasteiger partial charge in [0.05, 0.1) is 0 Å². The standard InChI is InChI=1S/C10H20As.3C4H9.Sn/c1-4-7-9-11(6-3)10-8-5-2;3*1-3-4-2;/h3,6H,4-5,7-10H2,1-2H3;3*1,3-4H2,2H3;. The van der Waals surface area contributed by atoms with E-state index in [2.05, 4.69) is 43.6 Å². The van der Waals surface area contributed by atoms with Crippen LogP contribution in [0.25, 0.3) is 0 Å². The summed E-state index contributed by atoms with van der Waals surface area (Å²) in [6.07, 6.45) is 14.5.